The highest BCUT2D eigenvalue weighted by molar-refractivity contribution is 9.10. The van der Waals surface area contributed by atoms with Crippen LogP contribution in [0.1, 0.15) is 12.0 Å². The lowest BCUT2D eigenvalue weighted by Gasteiger charge is -2.13. The van der Waals surface area contributed by atoms with Crippen LogP contribution in [0.3, 0.4) is 0 Å². The number of alkyl halides is 1. The molecule has 1 aromatic rings. The molecule has 0 atom stereocenters. The number of benzene rings is 1. The zero-order chi connectivity index (χ0) is 14.3. The molecule has 0 fully saturated rings. The van der Waals surface area contributed by atoms with Crippen LogP contribution < -0.4 is 9.47 Å². The summed E-state index contributed by atoms with van der Waals surface area (Å²) in [6.07, 6.45) is 2.78. The SMILES string of the molecule is COc1cc(/C=C/C(=O)O)cc(Br)c1OCCCF. The summed E-state index contributed by atoms with van der Waals surface area (Å²) >= 11 is 3.32. The summed E-state index contributed by atoms with van der Waals surface area (Å²) in [6, 6.07) is 3.35. The Labute approximate surface area is 119 Å². The van der Waals surface area contributed by atoms with E-state index in [4.69, 9.17) is 14.6 Å². The van der Waals surface area contributed by atoms with E-state index in [1.807, 2.05) is 0 Å². The van der Waals surface area contributed by atoms with Gasteiger partial charge in [0.05, 0.1) is 24.9 Å². The van der Waals surface area contributed by atoms with Crippen LogP contribution in [-0.2, 0) is 4.79 Å². The third-order valence-corrected chi connectivity index (χ3v) is 2.78. The number of carboxylic acid groups (broad SMARTS) is 1. The summed E-state index contributed by atoms with van der Waals surface area (Å²) in [5, 5.41) is 8.58. The molecule has 0 radical (unpaired) electrons. The van der Waals surface area contributed by atoms with Gasteiger partial charge in [-0.1, -0.05) is 0 Å². The predicted molar refractivity (Wildman–Crippen MR) is 73.5 cm³/mol. The van der Waals surface area contributed by atoms with Crippen LogP contribution in [0.2, 0.25) is 0 Å². The van der Waals surface area contributed by atoms with E-state index in [0.29, 0.717) is 28.0 Å². The molecular weight excluding hydrogens is 319 g/mol. The number of halogens is 2. The molecule has 0 unspecified atom stereocenters. The number of aliphatic carboxylic acids is 1. The molecule has 0 saturated heterocycles. The van der Waals surface area contributed by atoms with Crippen LogP contribution >= 0.6 is 15.9 Å². The average molecular weight is 333 g/mol. The van der Waals surface area contributed by atoms with Crippen molar-refractivity contribution in [2.75, 3.05) is 20.4 Å². The summed E-state index contributed by atoms with van der Waals surface area (Å²) in [7, 11) is 1.48. The van der Waals surface area contributed by atoms with Crippen molar-refractivity contribution in [3.63, 3.8) is 0 Å². The summed E-state index contributed by atoms with van der Waals surface area (Å²) in [4.78, 5) is 10.5. The van der Waals surface area contributed by atoms with Gasteiger partial charge < -0.3 is 14.6 Å². The standard InChI is InChI=1S/C13H14BrFO4/c1-18-11-8-9(3-4-12(16)17)7-10(14)13(11)19-6-2-5-15/h3-4,7-8H,2,5-6H2,1H3,(H,16,17)/b4-3+. The van der Waals surface area contributed by atoms with Crippen molar-refractivity contribution in [1.29, 1.82) is 0 Å². The number of carboxylic acids is 1. The fraction of sp³-hybridized carbons (Fsp3) is 0.308. The van der Waals surface area contributed by atoms with E-state index in [2.05, 4.69) is 15.9 Å². The quantitative estimate of drug-likeness (QED) is 0.614. The number of rotatable bonds is 7. The van der Waals surface area contributed by atoms with Crippen molar-refractivity contribution >= 4 is 28.0 Å². The molecule has 0 aliphatic carbocycles. The summed E-state index contributed by atoms with van der Waals surface area (Å²) in [6.45, 7) is -0.199. The normalized spacial score (nSPS) is 10.7. The Hall–Kier alpha value is -1.56. The second-order valence-corrected chi connectivity index (χ2v) is 4.45. The average Bonchev–Trinajstić information content (AvgIpc) is 2.38. The molecule has 0 heterocycles. The minimum Gasteiger partial charge on any atom is -0.493 e. The number of hydrogen-bond donors (Lipinski definition) is 1. The highest BCUT2D eigenvalue weighted by Crippen LogP contribution is 2.37. The molecule has 1 rings (SSSR count). The fourth-order valence-corrected chi connectivity index (χ4v) is 1.95. The highest BCUT2D eigenvalue weighted by Gasteiger charge is 2.10. The first-order valence-corrected chi connectivity index (χ1v) is 6.35. The van der Waals surface area contributed by atoms with Crippen molar-refractivity contribution in [3.8, 4) is 11.5 Å². The van der Waals surface area contributed by atoms with Crippen LogP contribution in [0.25, 0.3) is 6.08 Å². The van der Waals surface area contributed by atoms with E-state index < -0.39 is 12.6 Å². The van der Waals surface area contributed by atoms with Gasteiger partial charge in [0, 0.05) is 12.5 Å². The molecule has 0 aliphatic rings. The predicted octanol–water partition coefficient (Wildman–Crippen LogP) is 3.29. The topological polar surface area (TPSA) is 55.8 Å². The van der Waals surface area contributed by atoms with Gasteiger partial charge in [0.15, 0.2) is 11.5 Å². The van der Waals surface area contributed by atoms with Crippen LogP contribution in [0, 0.1) is 0 Å². The van der Waals surface area contributed by atoms with Gasteiger partial charge in [-0.3, -0.25) is 4.39 Å². The first kappa shape index (κ1) is 15.5. The van der Waals surface area contributed by atoms with Gasteiger partial charge in [0.25, 0.3) is 0 Å². The molecule has 0 spiro atoms. The molecule has 0 aromatic heterocycles. The number of methoxy groups -OCH3 is 1. The molecule has 0 saturated carbocycles. The first-order valence-electron chi connectivity index (χ1n) is 5.55. The number of hydrogen-bond acceptors (Lipinski definition) is 3. The lowest BCUT2D eigenvalue weighted by molar-refractivity contribution is -0.131. The minimum atomic E-state index is -1.03. The van der Waals surface area contributed by atoms with E-state index in [9.17, 15) is 9.18 Å². The number of carbonyl (C=O) groups is 1. The van der Waals surface area contributed by atoms with Crippen molar-refractivity contribution in [3.05, 3.63) is 28.2 Å². The maximum Gasteiger partial charge on any atom is 0.328 e. The summed E-state index contributed by atoms with van der Waals surface area (Å²) in [5.74, 6) is -0.0972. The van der Waals surface area contributed by atoms with Gasteiger partial charge in [-0.2, -0.15) is 0 Å². The maximum absolute atomic E-state index is 12.0. The Bertz CT molecular complexity index is 474. The van der Waals surface area contributed by atoms with Gasteiger partial charge in [0.1, 0.15) is 0 Å². The molecule has 1 N–H and O–H groups in total. The monoisotopic (exact) mass is 332 g/mol. The Balaban J connectivity index is 2.97. The molecule has 0 aliphatic heterocycles. The largest absolute Gasteiger partial charge is 0.493 e. The van der Waals surface area contributed by atoms with Crippen LogP contribution in [0.4, 0.5) is 4.39 Å². The van der Waals surface area contributed by atoms with Crippen LogP contribution in [0.5, 0.6) is 11.5 Å². The Morgan fingerprint density at radius 3 is 2.84 bits per heavy atom. The lowest BCUT2D eigenvalue weighted by Crippen LogP contribution is -2.01. The Morgan fingerprint density at radius 1 is 1.53 bits per heavy atom. The maximum atomic E-state index is 12.0. The second kappa shape index (κ2) is 7.78. The van der Waals surface area contributed by atoms with E-state index in [0.717, 1.165) is 6.08 Å². The molecular formula is C13H14BrFO4. The van der Waals surface area contributed by atoms with E-state index in [-0.39, 0.29) is 6.61 Å². The van der Waals surface area contributed by atoms with Gasteiger partial charge in [-0.05, 0) is 39.7 Å². The smallest absolute Gasteiger partial charge is 0.328 e. The molecule has 6 heteroatoms. The molecule has 1 aromatic carbocycles. The lowest BCUT2D eigenvalue weighted by atomic mass is 10.2. The second-order valence-electron chi connectivity index (χ2n) is 3.60. The van der Waals surface area contributed by atoms with Crippen LogP contribution in [0.15, 0.2) is 22.7 Å². The third kappa shape index (κ3) is 4.90. The minimum absolute atomic E-state index is 0.246. The van der Waals surface area contributed by atoms with E-state index >= 15 is 0 Å². The molecule has 104 valence electrons. The van der Waals surface area contributed by atoms with Crippen LogP contribution in [-0.4, -0.2) is 31.5 Å². The zero-order valence-corrected chi connectivity index (χ0v) is 11.9. The van der Waals surface area contributed by atoms with Gasteiger partial charge in [-0.15, -0.1) is 0 Å². The molecule has 0 amide bonds. The van der Waals surface area contributed by atoms with Crippen molar-refractivity contribution in [2.45, 2.75) is 6.42 Å². The fourth-order valence-electron chi connectivity index (χ4n) is 1.37. The van der Waals surface area contributed by atoms with Crippen molar-refractivity contribution < 1.29 is 23.8 Å². The molecule has 4 nitrogen and oxygen atoms in total. The Morgan fingerprint density at radius 2 is 2.26 bits per heavy atom. The van der Waals surface area contributed by atoms with Gasteiger partial charge >= 0.3 is 5.97 Å². The Kier molecular flexibility index (Phi) is 6.35. The summed E-state index contributed by atoms with van der Waals surface area (Å²) < 4.78 is 23.3. The number of ether oxygens (including phenoxy) is 2. The zero-order valence-electron chi connectivity index (χ0n) is 10.4. The van der Waals surface area contributed by atoms with Crippen molar-refractivity contribution in [2.24, 2.45) is 0 Å². The summed E-state index contributed by atoms with van der Waals surface area (Å²) in [5.41, 5.74) is 0.656. The van der Waals surface area contributed by atoms with E-state index in [1.165, 1.54) is 13.2 Å². The first-order chi connectivity index (χ1) is 9.08. The van der Waals surface area contributed by atoms with Crippen molar-refractivity contribution in [1.82, 2.24) is 0 Å². The third-order valence-electron chi connectivity index (χ3n) is 2.19. The van der Waals surface area contributed by atoms with E-state index in [1.54, 1.807) is 12.1 Å². The molecule has 19 heavy (non-hydrogen) atoms. The van der Waals surface area contributed by atoms with Gasteiger partial charge in [-0.25, -0.2) is 4.79 Å². The van der Waals surface area contributed by atoms with Gasteiger partial charge in [0.2, 0.25) is 0 Å². The molecule has 0 bridgehead atoms. The highest BCUT2D eigenvalue weighted by atomic mass is 79.9.